The molecule has 172 valence electrons. The number of carbonyl (C=O) groups is 3. The van der Waals surface area contributed by atoms with Crippen molar-refractivity contribution in [2.24, 2.45) is 5.41 Å². The third kappa shape index (κ3) is 7.24. The van der Waals surface area contributed by atoms with Gasteiger partial charge in [-0.05, 0) is 48.5 Å². The van der Waals surface area contributed by atoms with Gasteiger partial charge in [0, 0.05) is 28.0 Å². The number of hydrogen-bond donors (Lipinski definition) is 4. The number of benzene rings is 2. The highest BCUT2D eigenvalue weighted by Crippen LogP contribution is 2.20. The van der Waals surface area contributed by atoms with Gasteiger partial charge in [-0.25, -0.2) is 0 Å². The molecule has 0 radical (unpaired) electrons. The topological polar surface area (TPSA) is 112 Å². The van der Waals surface area contributed by atoms with Crippen LogP contribution in [0.15, 0.2) is 71.3 Å². The molecule has 0 atom stereocenters. The van der Waals surface area contributed by atoms with Crippen LogP contribution in [0, 0.1) is 5.41 Å². The zero-order chi connectivity index (χ0) is 23.8. The molecule has 0 saturated heterocycles. The molecule has 2 aromatic carbocycles. The zero-order valence-corrected chi connectivity index (χ0v) is 18.9. The normalized spacial score (nSPS) is 10.9. The van der Waals surface area contributed by atoms with Gasteiger partial charge in [-0.3, -0.25) is 14.4 Å². The summed E-state index contributed by atoms with van der Waals surface area (Å²) in [6.45, 7) is 5.82. The first-order valence-corrected chi connectivity index (χ1v) is 10.6. The third-order valence-corrected chi connectivity index (χ3v) is 4.67. The number of furan rings is 1. The largest absolute Gasteiger partial charge is 0.467 e. The zero-order valence-electron chi connectivity index (χ0n) is 18.9. The van der Waals surface area contributed by atoms with Crippen molar-refractivity contribution in [2.75, 3.05) is 22.5 Å². The molecule has 3 amide bonds. The van der Waals surface area contributed by atoms with Crippen molar-refractivity contribution in [3.63, 3.8) is 0 Å². The second kappa shape index (κ2) is 10.5. The quantitative estimate of drug-likeness (QED) is 0.412. The van der Waals surface area contributed by atoms with Crippen molar-refractivity contribution in [2.45, 2.75) is 27.3 Å². The second-order valence-electron chi connectivity index (χ2n) is 8.53. The molecule has 3 rings (SSSR count). The maximum atomic E-state index is 12.4. The van der Waals surface area contributed by atoms with Crippen LogP contribution in [-0.2, 0) is 16.1 Å². The van der Waals surface area contributed by atoms with E-state index in [1.54, 1.807) is 60.9 Å². The molecule has 0 bridgehead atoms. The van der Waals surface area contributed by atoms with Gasteiger partial charge in [0.25, 0.3) is 5.91 Å². The molecule has 4 N–H and O–H groups in total. The van der Waals surface area contributed by atoms with Gasteiger partial charge >= 0.3 is 0 Å². The van der Waals surface area contributed by atoms with E-state index in [1.165, 1.54) is 0 Å². The number of amides is 3. The lowest BCUT2D eigenvalue weighted by Crippen LogP contribution is -2.27. The first kappa shape index (κ1) is 23.6. The monoisotopic (exact) mass is 448 g/mol. The average Bonchev–Trinajstić information content (AvgIpc) is 3.29. The molecule has 8 heteroatoms. The predicted molar refractivity (Wildman–Crippen MR) is 128 cm³/mol. The molecule has 33 heavy (non-hydrogen) atoms. The van der Waals surface area contributed by atoms with E-state index in [4.69, 9.17) is 4.42 Å². The van der Waals surface area contributed by atoms with Crippen molar-refractivity contribution in [1.82, 2.24) is 5.32 Å². The van der Waals surface area contributed by atoms with E-state index in [0.29, 0.717) is 28.4 Å². The Bertz CT molecular complexity index is 1120. The lowest BCUT2D eigenvalue weighted by atomic mass is 9.95. The molecule has 8 nitrogen and oxygen atoms in total. The fourth-order valence-electron chi connectivity index (χ4n) is 2.83. The number of anilines is 3. The maximum absolute atomic E-state index is 12.4. The standard InChI is InChI=1S/C25H28N4O4/c1-25(2,3)24(32)29-20-10-5-8-18(14-20)26-16-22(30)28-19-9-4-7-17(13-19)23(31)27-15-21-11-6-12-33-21/h4-14,26H,15-16H2,1-3H3,(H,27,31)(H,28,30)(H,29,32). The van der Waals surface area contributed by atoms with Crippen LogP contribution in [0.5, 0.6) is 0 Å². The fraction of sp³-hybridized carbons (Fsp3) is 0.240. The van der Waals surface area contributed by atoms with Gasteiger partial charge in [0.05, 0.1) is 19.4 Å². The van der Waals surface area contributed by atoms with E-state index in [-0.39, 0.29) is 30.8 Å². The summed E-state index contributed by atoms with van der Waals surface area (Å²) in [4.78, 5) is 36.9. The molecule has 0 aliphatic rings. The van der Waals surface area contributed by atoms with E-state index in [2.05, 4.69) is 21.3 Å². The average molecular weight is 449 g/mol. The molecule has 0 aliphatic heterocycles. The van der Waals surface area contributed by atoms with Crippen LogP contribution in [0.4, 0.5) is 17.1 Å². The van der Waals surface area contributed by atoms with Crippen LogP contribution in [0.3, 0.4) is 0 Å². The number of nitrogens with one attached hydrogen (secondary N) is 4. The molecule has 1 heterocycles. The Morgan fingerprint density at radius 3 is 2.24 bits per heavy atom. The highest BCUT2D eigenvalue weighted by Gasteiger charge is 2.21. The van der Waals surface area contributed by atoms with Crippen molar-refractivity contribution >= 4 is 34.8 Å². The van der Waals surface area contributed by atoms with Gasteiger partial charge in [-0.1, -0.05) is 32.9 Å². The Labute approximate surface area is 192 Å². The molecule has 0 spiro atoms. The van der Waals surface area contributed by atoms with E-state index >= 15 is 0 Å². The minimum Gasteiger partial charge on any atom is -0.467 e. The Balaban J connectivity index is 1.52. The summed E-state index contributed by atoms with van der Waals surface area (Å²) < 4.78 is 5.20. The van der Waals surface area contributed by atoms with Crippen LogP contribution < -0.4 is 21.3 Å². The maximum Gasteiger partial charge on any atom is 0.251 e. The predicted octanol–water partition coefficient (Wildman–Crippen LogP) is 4.24. The minimum absolute atomic E-state index is 0.0194. The van der Waals surface area contributed by atoms with E-state index in [1.807, 2.05) is 26.8 Å². The van der Waals surface area contributed by atoms with Crippen LogP contribution in [0.2, 0.25) is 0 Å². The molecule has 0 unspecified atom stereocenters. The van der Waals surface area contributed by atoms with E-state index < -0.39 is 5.41 Å². The first-order chi connectivity index (χ1) is 15.7. The molecular formula is C25H28N4O4. The number of hydrogen-bond acceptors (Lipinski definition) is 5. The number of carbonyl (C=O) groups excluding carboxylic acids is 3. The van der Waals surface area contributed by atoms with E-state index in [0.717, 1.165) is 0 Å². The molecule has 3 aromatic rings. The summed E-state index contributed by atoms with van der Waals surface area (Å²) in [6, 6.07) is 17.4. The van der Waals surface area contributed by atoms with Crippen LogP contribution >= 0.6 is 0 Å². The highest BCUT2D eigenvalue weighted by molar-refractivity contribution is 5.98. The van der Waals surface area contributed by atoms with Crippen molar-refractivity contribution in [3.05, 3.63) is 78.3 Å². The summed E-state index contributed by atoms with van der Waals surface area (Å²) in [7, 11) is 0. The Kier molecular flexibility index (Phi) is 7.50. The highest BCUT2D eigenvalue weighted by atomic mass is 16.3. The van der Waals surface area contributed by atoms with Crippen molar-refractivity contribution < 1.29 is 18.8 Å². The Morgan fingerprint density at radius 2 is 1.55 bits per heavy atom. The van der Waals surface area contributed by atoms with Crippen molar-refractivity contribution in [3.8, 4) is 0 Å². The Morgan fingerprint density at radius 1 is 0.848 bits per heavy atom. The van der Waals surface area contributed by atoms with Gasteiger partial charge in [0.15, 0.2) is 0 Å². The first-order valence-electron chi connectivity index (χ1n) is 10.6. The summed E-state index contributed by atoms with van der Waals surface area (Å²) in [5.41, 5.74) is 1.78. The molecular weight excluding hydrogens is 420 g/mol. The van der Waals surface area contributed by atoms with E-state index in [9.17, 15) is 14.4 Å². The lowest BCUT2D eigenvalue weighted by molar-refractivity contribution is -0.123. The van der Waals surface area contributed by atoms with Crippen LogP contribution in [0.1, 0.15) is 36.9 Å². The number of rotatable bonds is 8. The fourth-order valence-corrected chi connectivity index (χ4v) is 2.83. The second-order valence-corrected chi connectivity index (χ2v) is 8.53. The third-order valence-electron chi connectivity index (χ3n) is 4.67. The minimum atomic E-state index is -0.506. The smallest absolute Gasteiger partial charge is 0.251 e. The van der Waals surface area contributed by atoms with Gasteiger partial charge in [0.1, 0.15) is 5.76 Å². The summed E-state index contributed by atoms with van der Waals surface area (Å²) >= 11 is 0. The Hall–Kier alpha value is -4.07. The van der Waals surface area contributed by atoms with Crippen LogP contribution in [-0.4, -0.2) is 24.3 Å². The van der Waals surface area contributed by atoms with Gasteiger partial charge in [-0.2, -0.15) is 0 Å². The lowest BCUT2D eigenvalue weighted by Gasteiger charge is -2.18. The van der Waals surface area contributed by atoms with Gasteiger partial charge in [0.2, 0.25) is 11.8 Å². The molecule has 0 aliphatic carbocycles. The molecule has 0 fully saturated rings. The summed E-state index contributed by atoms with van der Waals surface area (Å²) in [5.74, 6) is 0.0217. The summed E-state index contributed by atoms with van der Waals surface area (Å²) in [5, 5.41) is 11.4. The van der Waals surface area contributed by atoms with Gasteiger partial charge in [-0.15, -0.1) is 0 Å². The van der Waals surface area contributed by atoms with Gasteiger partial charge < -0.3 is 25.7 Å². The van der Waals surface area contributed by atoms with Crippen molar-refractivity contribution in [1.29, 1.82) is 0 Å². The molecule has 0 saturated carbocycles. The van der Waals surface area contributed by atoms with Crippen LogP contribution in [0.25, 0.3) is 0 Å². The SMILES string of the molecule is CC(C)(C)C(=O)Nc1cccc(NCC(=O)Nc2cccc(C(=O)NCc3ccco3)c2)c1. The summed E-state index contributed by atoms with van der Waals surface area (Å²) in [6.07, 6.45) is 1.55. The molecule has 1 aromatic heterocycles.